The van der Waals surface area contributed by atoms with Crippen molar-refractivity contribution in [1.29, 1.82) is 0 Å². The van der Waals surface area contributed by atoms with Crippen molar-refractivity contribution >= 4 is 23.2 Å². The Morgan fingerprint density at radius 1 is 1.53 bits per heavy atom. The van der Waals surface area contributed by atoms with Gasteiger partial charge in [0.15, 0.2) is 0 Å². The average Bonchev–Trinajstić information content (AvgIpc) is 2.92. The van der Waals surface area contributed by atoms with Crippen LogP contribution in [0.5, 0.6) is 0 Å². The zero-order valence-corrected chi connectivity index (χ0v) is 11.5. The van der Waals surface area contributed by atoms with Crippen molar-refractivity contribution in [2.45, 2.75) is 31.9 Å². The lowest BCUT2D eigenvalue weighted by Crippen LogP contribution is -2.26. The van der Waals surface area contributed by atoms with Crippen molar-refractivity contribution in [3.05, 3.63) is 28.3 Å². The molecule has 3 N–H and O–H groups in total. The van der Waals surface area contributed by atoms with Crippen LogP contribution >= 0.6 is 11.6 Å². The first-order valence-electron chi connectivity index (χ1n) is 6.55. The number of carbonyl (C=O) groups is 1. The summed E-state index contributed by atoms with van der Waals surface area (Å²) in [7, 11) is 0. The Labute approximate surface area is 117 Å². The number of benzene rings is 1. The number of fused-ring (bicyclic) bond motifs is 1. The number of nitrogens with two attached hydrogens (primary N) is 1. The number of carbonyl (C=O) groups excluding carboxylic acids is 1. The van der Waals surface area contributed by atoms with Gasteiger partial charge in [0, 0.05) is 29.3 Å². The first kappa shape index (κ1) is 12.9. The highest BCUT2D eigenvalue weighted by Gasteiger charge is 2.32. The van der Waals surface area contributed by atoms with E-state index in [0.29, 0.717) is 11.4 Å². The zero-order chi connectivity index (χ0) is 13.6. The van der Waals surface area contributed by atoms with Crippen LogP contribution in [-0.4, -0.2) is 18.6 Å². The van der Waals surface area contributed by atoms with Crippen LogP contribution in [0.25, 0.3) is 0 Å². The van der Waals surface area contributed by atoms with Crippen molar-refractivity contribution in [3.63, 3.8) is 0 Å². The molecular formula is C14H17ClN2O2. The molecule has 3 rings (SSSR count). The fourth-order valence-corrected chi connectivity index (χ4v) is 3.26. The van der Waals surface area contributed by atoms with E-state index in [2.05, 4.69) is 5.32 Å². The number of halogens is 1. The van der Waals surface area contributed by atoms with Crippen LogP contribution in [0.3, 0.4) is 0 Å². The van der Waals surface area contributed by atoms with Crippen molar-refractivity contribution in [1.82, 2.24) is 0 Å². The van der Waals surface area contributed by atoms with Gasteiger partial charge in [-0.3, -0.25) is 4.79 Å². The van der Waals surface area contributed by atoms with Gasteiger partial charge in [0.1, 0.15) is 0 Å². The van der Waals surface area contributed by atoms with E-state index in [9.17, 15) is 4.79 Å². The van der Waals surface area contributed by atoms with Crippen molar-refractivity contribution < 1.29 is 9.53 Å². The van der Waals surface area contributed by atoms with Gasteiger partial charge in [0.25, 0.3) is 0 Å². The molecule has 4 nitrogen and oxygen atoms in total. The molecule has 2 aliphatic heterocycles. The second kappa shape index (κ2) is 4.78. The number of hydrogen-bond donors (Lipinski definition) is 2. The molecule has 102 valence electrons. The molecule has 0 radical (unpaired) electrons. The number of rotatable bonds is 2. The van der Waals surface area contributed by atoms with Gasteiger partial charge >= 0.3 is 0 Å². The topological polar surface area (TPSA) is 64.3 Å². The third kappa shape index (κ3) is 2.24. The molecule has 2 heterocycles. The molecule has 1 saturated heterocycles. The summed E-state index contributed by atoms with van der Waals surface area (Å²) in [6.45, 7) is 2.80. The maximum Gasteiger partial charge on any atom is 0.228 e. The van der Waals surface area contributed by atoms with Crippen LogP contribution in [0.2, 0.25) is 5.02 Å². The molecule has 2 aliphatic rings. The summed E-state index contributed by atoms with van der Waals surface area (Å²) in [5.41, 5.74) is 9.05. The minimum Gasteiger partial charge on any atom is -0.378 e. The van der Waals surface area contributed by atoms with Crippen LogP contribution in [-0.2, 0) is 16.0 Å². The smallest absolute Gasteiger partial charge is 0.228 e. The largest absolute Gasteiger partial charge is 0.378 e. The first-order valence-corrected chi connectivity index (χ1v) is 6.93. The van der Waals surface area contributed by atoms with E-state index in [-0.39, 0.29) is 24.0 Å². The van der Waals surface area contributed by atoms with Crippen molar-refractivity contribution in [2.75, 3.05) is 11.9 Å². The number of ether oxygens (including phenoxy) is 1. The highest BCUT2D eigenvalue weighted by atomic mass is 35.5. The summed E-state index contributed by atoms with van der Waals surface area (Å²) < 4.78 is 5.57. The van der Waals surface area contributed by atoms with E-state index in [1.54, 1.807) is 6.07 Å². The van der Waals surface area contributed by atoms with Gasteiger partial charge in [0.05, 0.1) is 12.5 Å². The molecular weight excluding hydrogens is 264 g/mol. The maximum atomic E-state index is 11.4. The van der Waals surface area contributed by atoms with Gasteiger partial charge in [0.2, 0.25) is 5.91 Å². The molecule has 0 bridgehead atoms. The van der Waals surface area contributed by atoms with E-state index in [1.165, 1.54) is 0 Å². The quantitative estimate of drug-likeness (QED) is 0.873. The lowest BCUT2D eigenvalue weighted by atomic mass is 9.88. The number of hydrogen-bond acceptors (Lipinski definition) is 3. The van der Waals surface area contributed by atoms with Crippen LogP contribution in [0, 0.1) is 5.92 Å². The number of anilines is 1. The van der Waals surface area contributed by atoms with E-state index >= 15 is 0 Å². The van der Waals surface area contributed by atoms with Crippen molar-refractivity contribution in [2.24, 2.45) is 11.7 Å². The Hall–Kier alpha value is -1.10. The number of amides is 1. The van der Waals surface area contributed by atoms with Gasteiger partial charge in [-0.1, -0.05) is 17.7 Å². The Balaban J connectivity index is 1.93. The van der Waals surface area contributed by atoms with Gasteiger partial charge in [-0.25, -0.2) is 0 Å². The maximum absolute atomic E-state index is 11.4. The summed E-state index contributed by atoms with van der Waals surface area (Å²) in [4.78, 5) is 11.4. The molecule has 0 aromatic heterocycles. The Kier molecular flexibility index (Phi) is 3.25. The molecule has 5 heteroatoms. The standard InChI is InChI=1S/C14H17ClN2O2/c1-7-9(2-3-19-7)14(16)10-4-8-5-13(18)17-12(8)6-11(10)15/h4,6-7,9,14H,2-3,5,16H2,1H3,(H,17,18). The molecule has 0 aliphatic carbocycles. The predicted molar refractivity (Wildman–Crippen MR) is 74.2 cm³/mol. The average molecular weight is 281 g/mol. The van der Waals surface area contributed by atoms with E-state index in [0.717, 1.165) is 29.8 Å². The van der Waals surface area contributed by atoms with Gasteiger partial charge < -0.3 is 15.8 Å². The Bertz CT molecular complexity index is 532. The van der Waals surface area contributed by atoms with Gasteiger partial charge in [-0.15, -0.1) is 0 Å². The summed E-state index contributed by atoms with van der Waals surface area (Å²) in [5.74, 6) is 0.287. The van der Waals surface area contributed by atoms with Gasteiger partial charge in [-0.2, -0.15) is 0 Å². The van der Waals surface area contributed by atoms with Crippen LogP contribution in [0.15, 0.2) is 12.1 Å². The highest BCUT2D eigenvalue weighted by molar-refractivity contribution is 6.32. The lowest BCUT2D eigenvalue weighted by molar-refractivity contribution is -0.115. The molecule has 1 aromatic rings. The molecule has 0 spiro atoms. The predicted octanol–water partition coefficient (Wildman–Crippen LogP) is 2.26. The fourth-order valence-electron chi connectivity index (χ4n) is 2.97. The second-order valence-electron chi connectivity index (χ2n) is 5.31. The molecule has 19 heavy (non-hydrogen) atoms. The fraction of sp³-hybridized carbons (Fsp3) is 0.500. The third-order valence-corrected chi connectivity index (χ3v) is 4.43. The number of nitrogens with one attached hydrogen (secondary N) is 1. The normalized spacial score (nSPS) is 27.2. The SMILES string of the molecule is CC1OCCC1C(N)c1cc2c(cc1Cl)NC(=O)C2. The monoisotopic (exact) mass is 280 g/mol. The van der Waals surface area contributed by atoms with Crippen molar-refractivity contribution in [3.8, 4) is 0 Å². The van der Waals surface area contributed by atoms with E-state index in [4.69, 9.17) is 22.1 Å². The third-order valence-electron chi connectivity index (χ3n) is 4.10. The Morgan fingerprint density at radius 2 is 2.32 bits per heavy atom. The highest BCUT2D eigenvalue weighted by Crippen LogP contribution is 2.38. The molecule has 3 atom stereocenters. The Morgan fingerprint density at radius 3 is 3.00 bits per heavy atom. The summed E-state index contributed by atoms with van der Waals surface area (Å²) in [6, 6.07) is 3.62. The molecule has 0 saturated carbocycles. The summed E-state index contributed by atoms with van der Waals surface area (Å²) in [5, 5.41) is 3.41. The zero-order valence-electron chi connectivity index (χ0n) is 10.8. The summed E-state index contributed by atoms with van der Waals surface area (Å²) in [6.07, 6.45) is 1.51. The van der Waals surface area contributed by atoms with Crippen LogP contribution < -0.4 is 11.1 Å². The van der Waals surface area contributed by atoms with Gasteiger partial charge in [-0.05, 0) is 30.5 Å². The second-order valence-corrected chi connectivity index (χ2v) is 5.72. The lowest BCUT2D eigenvalue weighted by Gasteiger charge is -2.23. The van der Waals surface area contributed by atoms with E-state index in [1.807, 2.05) is 13.0 Å². The minimum atomic E-state index is -0.147. The summed E-state index contributed by atoms with van der Waals surface area (Å²) >= 11 is 6.30. The van der Waals surface area contributed by atoms with E-state index < -0.39 is 0 Å². The molecule has 1 fully saturated rings. The molecule has 1 aromatic carbocycles. The van der Waals surface area contributed by atoms with Crippen LogP contribution in [0.4, 0.5) is 5.69 Å². The van der Waals surface area contributed by atoms with Crippen LogP contribution in [0.1, 0.15) is 30.5 Å². The first-order chi connectivity index (χ1) is 9.06. The molecule has 3 unspecified atom stereocenters. The molecule has 1 amide bonds. The minimum absolute atomic E-state index is 0.00866.